The molecule has 5 nitrogen and oxygen atoms in total. The van der Waals surface area contributed by atoms with Gasteiger partial charge in [0.1, 0.15) is 23.3 Å². The highest BCUT2D eigenvalue weighted by Crippen LogP contribution is 2.21. The van der Waals surface area contributed by atoms with Crippen molar-refractivity contribution < 1.29 is 4.79 Å². The Bertz CT molecular complexity index is 423. The van der Waals surface area contributed by atoms with Gasteiger partial charge in [-0.1, -0.05) is 11.6 Å². The monoisotopic (exact) mass is 240 g/mol. The van der Waals surface area contributed by atoms with Gasteiger partial charge >= 0.3 is 0 Å². The first-order chi connectivity index (χ1) is 7.59. The van der Waals surface area contributed by atoms with E-state index in [1.165, 1.54) is 6.33 Å². The highest BCUT2D eigenvalue weighted by Gasteiger charge is 2.29. The molecular weight excluding hydrogens is 228 g/mol. The maximum absolute atomic E-state index is 11.7. The second kappa shape index (κ2) is 4.25. The molecule has 0 saturated carbocycles. The molecule has 1 atom stereocenters. The minimum Gasteiger partial charge on any atom is -0.358 e. The summed E-state index contributed by atoms with van der Waals surface area (Å²) in [4.78, 5) is 21.3. The number of hydrogen-bond donors (Lipinski definition) is 1. The average Bonchev–Trinajstić information content (AvgIpc) is 2.57. The van der Waals surface area contributed by atoms with Gasteiger partial charge in [-0.15, -0.1) is 0 Å². The molecule has 2 rings (SSSR count). The third-order valence-corrected chi connectivity index (χ3v) is 3.14. The lowest BCUT2D eigenvalue weighted by molar-refractivity contribution is -0.127. The summed E-state index contributed by atoms with van der Waals surface area (Å²) in [6, 6.07) is -0.199. The molecule has 2 heterocycles. The van der Waals surface area contributed by atoms with Gasteiger partial charge in [0.05, 0.1) is 0 Å². The van der Waals surface area contributed by atoms with Crippen molar-refractivity contribution in [1.29, 1.82) is 0 Å². The van der Waals surface area contributed by atoms with Crippen LogP contribution in [0.4, 0.5) is 5.82 Å². The minimum absolute atomic E-state index is 0.0918. The first-order valence-corrected chi connectivity index (χ1v) is 5.46. The first-order valence-electron chi connectivity index (χ1n) is 5.08. The summed E-state index contributed by atoms with van der Waals surface area (Å²) in [7, 11) is 1.80. The predicted molar refractivity (Wildman–Crippen MR) is 61.4 cm³/mol. The van der Waals surface area contributed by atoms with Crippen molar-refractivity contribution in [3.8, 4) is 0 Å². The van der Waals surface area contributed by atoms with Gasteiger partial charge in [0.25, 0.3) is 0 Å². The van der Waals surface area contributed by atoms with Crippen LogP contribution in [-0.2, 0) is 4.79 Å². The molecule has 16 heavy (non-hydrogen) atoms. The lowest BCUT2D eigenvalue weighted by Gasteiger charge is -2.14. The molecule has 86 valence electrons. The normalized spacial score (nSPS) is 20.3. The molecule has 6 heteroatoms. The number of nitrogens with one attached hydrogen (secondary N) is 1. The van der Waals surface area contributed by atoms with Crippen molar-refractivity contribution in [3.05, 3.63) is 17.0 Å². The van der Waals surface area contributed by atoms with Crippen LogP contribution in [0.5, 0.6) is 0 Å². The fraction of sp³-hybridized carbons (Fsp3) is 0.500. The number of likely N-dealkylation sites (tertiary alicyclic amines) is 1. The van der Waals surface area contributed by atoms with Crippen LogP contribution in [-0.4, -0.2) is 40.4 Å². The van der Waals surface area contributed by atoms with Gasteiger partial charge < -0.3 is 10.2 Å². The van der Waals surface area contributed by atoms with Crippen LogP contribution in [0.1, 0.15) is 12.0 Å². The molecule has 1 fully saturated rings. The number of hydrogen-bond acceptors (Lipinski definition) is 4. The third-order valence-electron chi connectivity index (χ3n) is 2.76. The molecule has 0 bridgehead atoms. The number of amides is 1. The molecule has 1 unspecified atom stereocenters. The molecule has 1 aliphatic heterocycles. The topological polar surface area (TPSA) is 58.1 Å². The number of nitrogens with zero attached hydrogens (tertiary/aromatic N) is 3. The van der Waals surface area contributed by atoms with Crippen LogP contribution in [0.3, 0.4) is 0 Å². The van der Waals surface area contributed by atoms with E-state index >= 15 is 0 Å². The van der Waals surface area contributed by atoms with E-state index in [-0.39, 0.29) is 11.9 Å². The highest BCUT2D eigenvalue weighted by molar-refractivity contribution is 6.30. The van der Waals surface area contributed by atoms with Gasteiger partial charge in [-0.2, -0.15) is 0 Å². The molecule has 1 N–H and O–H groups in total. The quantitative estimate of drug-likeness (QED) is 0.786. The highest BCUT2D eigenvalue weighted by atomic mass is 35.5. The molecule has 0 spiro atoms. The summed E-state index contributed by atoms with van der Waals surface area (Å²) < 4.78 is 0. The molecule has 1 aliphatic rings. The molecule has 0 radical (unpaired) electrons. The zero-order valence-corrected chi connectivity index (χ0v) is 9.95. The number of carbonyl (C=O) groups excluding carboxylic acids is 1. The van der Waals surface area contributed by atoms with Crippen molar-refractivity contribution in [3.63, 3.8) is 0 Å². The van der Waals surface area contributed by atoms with E-state index in [4.69, 9.17) is 11.6 Å². The molecule has 1 aromatic heterocycles. The van der Waals surface area contributed by atoms with E-state index in [2.05, 4.69) is 15.3 Å². The van der Waals surface area contributed by atoms with Gasteiger partial charge in [-0.3, -0.25) is 4.79 Å². The third kappa shape index (κ3) is 1.95. The Kier molecular flexibility index (Phi) is 2.96. The fourth-order valence-corrected chi connectivity index (χ4v) is 1.83. The first kappa shape index (κ1) is 11.1. The molecular formula is C10H13ClN4O. The zero-order valence-electron chi connectivity index (χ0n) is 9.20. The van der Waals surface area contributed by atoms with Crippen molar-refractivity contribution >= 4 is 23.3 Å². The van der Waals surface area contributed by atoms with Crippen LogP contribution in [0, 0.1) is 6.92 Å². The van der Waals surface area contributed by atoms with Crippen LogP contribution in [0.25, 0.3) is 0 Å². The lowest BCUT2D eigenvalue weighted by Crippen LogP contribution is -2.31. The van der Waals surface area contributed by atoms with Crippen molar-refractivity contribution in [2.75, 3.05) is 18.9 Å². The average molecular weight is 241 g/mol. The Balaban J connectivity index is 2.16. The standard InChI is InChI=1S/C10H13ClN4O/c1-6-8(11)12-5-13-9(6)14-7-3-4-15(2)10(7)16/h5,7H,3-4H2,1-2H3,(H,12,13,14). The largest absolute Gasteiger partial charge is 0.358 e. The van der Waals surface area contributed by atoms with Gasteiger partial charge in [0.2, 0.25) is 5.91 Å². The number of carbonyl (C=O) groups is 1. The lowest BCUT2D eigenvalue weighted by atomic mass is 10.2. The number of rotatable bonds is 2. The van der Waals surface area contributed by atoms with E-state index < -0.39 is 0 Å². The molecule has 1 aromatic rings. The molecule has 0 aliphatic carbocycles. The minimum atomic E-state index is -0.199. The Labute approximate surface area is 98.8 Å². The van der Waals surface area contributed by atoms with Crippen LogP contribution in [0.2, 0.25) is 5.15 Å². The smallest absolute Gasteiger partial charge is 0.244 e. The Hall–Kier alpha value is -1.36. The zero-order chi connectivity index (χ0) is 11.7. The Morgan fingerprint density at radius 3 is 2.94 bits per heavy atom. The Morgan fingerprint density at radius 1 is 1.56 bits per heavy atom. The van der Waals surface area contributed by atoms with Crippen molar-refractivity contribution in [2.24, 2.45) is 0 Å². The van der Waals surface area contributed by atoms with Crippen LogP contribution < -0.4 is 5.32 Å². The fourth-order valence-electron chi connectivity index (χ4n) is 1.70. The van der Waals surface area contributed by atoms with E-state index in [9.17, 15) is 4.79 Å². The summed E-state index contributed by atoms with van der Waals surface area (Å²) in [5.74, 6) is 0.725. The number of halogens is 1. The maximum Gasteiger partial charge on any atom is 0.244 e. The number of aromatic nitrogens is 2. The van der Waals surface area contributed by atoms with Crippen LogP contribution in [0.15, 0.2) is 6.33 Å². The van der Waals surface area contributed by atoms with E-state index in [1.807, 2.05) is 6.92 Å². The predicted octanol–water partition coefficient (Wildman–Crippen LogP) is 1.08. The second-order valence-electron chi connectivity index (χ2n) is 3.88. The van der Waals surface area contributed by atoms with Gasteiger partial charge in [0.15, 0.2) is 0 Å². The van der Waals surface area contributed by atoms with Crippen LogP contribution >= 0.6 is 11.6 Å². The summed E-state index contributed by atoms with van der Waals surface area (Å²) in [6.45, 7) is 2.60. The van der Waals surface area contributed by atoms with Gasteiger partial charge in [-0.05, 0) is 13.3 Å². The number of likely N-dealkylation sites (N-methyl/N-ethyl adjacent to an activating group) is 1. The molecule has 1 amide bonds. The SMILES string of the molecule is Cc1c(Cl)ncnc1NC1CCN(C)C1=O. The summed E-state index contributed by atoms with van der Waals surface area (Å²) in [5, 5.41) is 3.52. The summed E-state index contributed by atoms with van der Waals surface area (Å²) in [6.07, 6.45) is 2.18. The second-order valence-corrected chi connectivity index (χ2v) is 4.24. The van der Waals surface area contributed by atoms with Gasteiger partial charge in [0, 0.05) is 19.2 Å². The summed E-state index contributed by atoms with van der Waals surface area (Å²) in [5.41, 5.74) is 0.770. The van der Waals surface area contributed by atoms with Crippen molar-refractivity contribution in [2.45, 2.75) is 19.4 Å². The van der Waals surface area contributed by atoms with Gasteiger partial charge in [-0.25, -0.2) is 9.97 Å². The Morgan fingerprint density at radius 2 is 2.31 bits per heavy atom. The summed E-state index contributed by atoms with van der Waals surface area (Å²) >= 11 is 5.88. The molecule has 0 aromatic carbocycles. The number of anilines is 1. The maximum atomic E-state index is 11.7. The van der Waals surface area contributed by atoms with Crippen molar-refractivity contribution in [1.82, 2.24) is 14.9 Å². The molecule has 1 saturated heterocycles. The van der Waals surface area contributed by atoms with E-state index in [0.717, 1.165) is 18.5 Å². The van der Waals surface area contributed by atoms with E-state index in [0.29, 0.717) is 11.0 Å². The van der Waals surface area contributed by atoms with E-state index in [1.54, 1.807) is 11.9 Å².